The lowest BCUT2D eigenvalue weighted by Crippen LogP contribution is -2.04. The first-order valence-electron chi connectivity index (χ1n) is 5.46. The van der Waals surface area contributed by atoms with Crippen LogP contribution in [0.4, 0.5) is 5.13 Å². The largest absolute Gasteiger partial charge is 0.353 e. The molecule has 1 fully saturated rings. The Hall–Kier alpha value is -0.940. The van der Waals surface area contributed by atoms with Gasteiger partial charge in [0.25, 0.3) is 0 Å². The minimum Gasteiger partial charge on any atom is -0.353 e. The zero-order valence-electron chi connectivity index (χ0n) is 9.01. The fourth-order valence-corrected chi connectivity index (χ4v) is 3.32. The lowest BCUT2D eigenvalue weighted by Gasteiger charge is -2.09. The minimum absolute atomic E-state index is 0.319. The molecule has 2 aromatic heterocycles. The van der Waals surface area contributed by atoms with E-state index in [1.165, 1.54) is 22.7 Å². The summed E-state index contributed by atoms with van der Waals surface area (Å²) in [6.07, 6.45) is 2.57. The number of nitrogens with one attached hydrogen (secondary N) is 1. The highest BCUT2D eigenvalue weighted by Gasteiger charge is 2.27. The third-order valence-corrected chi connectivity index (χ3v) is 4.75. The van der Waals surface area contributed by atoms with E-state index in [1.807, 2.05) is 0 Å². The van der Waals surface area contributed by atoms with Gasteiger partial charge in [0.05, 0.1) is 6.04 Å². The van der Waals surface area contributed by atoms with Gasteiger partial charge in [0, 0.05) is 10.8 Å². The van der Waals surface area contributed by atoms with Gasteiger partial charge in [0.2, 0.25) is 5.13 Å². The van der Waals surface area contributed by atoms with Crippen molar-refractivity contribution in [1.29, 1.82) is 0 Å². The van der Waals surface area contributed by atoms with Crippen LogP contribution in [-0.2, 0) is 0 Å². The predicted molar refractivity (Wildman–Crippen MR) is 68.2 cm³/mol. The van der Waals surface area contributed by atoms with Crippen LogP contribution >= 0.6 is 22.7 Å². The molecular weight excluding hydrogens is 238 g/mol. The van der Waals surface area contributed by atoms with Crippen molar-refractivity contribution in [2.75, 3.05) is 5.32 Å². The first-order valence-corrected chi connectivity index (χ1v) is 7.16. The first-order chi connectivity index (χ1) is 7.83. The van der Waals surface area contributed by atoms with E-state index < -0.39 is 0 Å². The van der Waals surface area contributed by atoms with Gasteiger partial charge in [-0.3, -0.25) is 0 Å². The van der Waals surface area contributed by atoms with Crippen LogP contribution in [-0.4, -0.2) is 10.2 Å². The van der Waals surface area contributed by atoms with Crippen LogP contribution in [0.1, 0.15) is 41.6 Å². The van der Waals surface area contributed by atoms with E-state index in [4.69, 9.17) is 0 Å². The van der Waals surface area contributed by atoms with E-state index in [1.54, 1.807) is 22.7 Å². The van der Waals surface area contributed by atoms with Gasteiger partial charge in [-0.1, -0.05) is 17.4 Å². The second-order valence-electron chi connectivity index (χ2n) is 4.10. The number of hydrogen-bond acceptors (Lipinski definition) is 5. The van der Waals surface area contributed by atoms with Crippen LogP contribution in [0.3, 0.4) is 0 Å². The Morgan fingerprint density at radius 1 is 1.44 bits per heavy atom. The SMILES string of the molecule is CC(Nc1nnc(C2CC2)s1)c1cccs1. The number of rotatable bonds is 4. The maximum atomic E-state index is 4.22. The van der Waals surface area contributed by atoms with Gasteiger partial charge in [-0.15, -0.1) is 21.5 Å². The minimum atomic E-state index is 0.319. The molecule has 1 unspecified atom stereocenters. The highest BCUT2D eigenvalue weighted by Crippen LogP contribution is 2.42. The standard InChI is InChI=1S/C11H13N3S2/c1-7(9-3-2-6-15-9)12-11-14-13-10(16-11)8-4-5-8/h2-3,6-8H,4-5H2,1H3,(H,12,14). The van der Waals surface area contributed by atoms with Gasteiger partial charge in [0.15, 0.2) is 0 Å². The molecule has 0 bridgehead atoms. The van der Waals surface area contributed by atoms with Gasteiger partial charge in [-0.05, 0) is 31.2 Å². The molecule has 1 atom stereocenters. The Labute approximate surface area is 103 Å². The molecule has 3 nitrogen and oxygen atoms in total. The number of anilines is 1. The summed E-state index contributed by atoms with van der Waals surface area (Å²) in [7, 11) is 0. The summed E-state index contributed by atoms with van der Waals surface area (Å²) >= 11 is 3.47. The molecule has 16 heavy (non-hydrogen) atoms. The second kappa shape index (κ2) is 4.14. The fraction of sp³-hybridized carbons (Fsp3) is 0.455. The van der Waals surface area contributed by atoms with Crippen molar-refractivity contribution in [3.63, 3.8) is 0 Å². The van der Waals surface area contributed by atoms with Gasteiger partial charge in [-0.2, -0.15) is 0 Å². The van der Waals surface area contributed by atoms with Crippen molar-refractivity contribution in [2.45, 2.75) is 31.7 Å². The highest BCUT2D eigenvalue weighted by atomic mass is 32.1. The third-order valence-electron chi connectivity index (χ3n) is 2.68. The maximum Gasteiger partial charge on any atom is 0.206 e. The van der Waals surface area contributed by atoms with Crippen molar-refractivity contribution in [1.82, 2.24) is 10.2 Å². The van der Waals surface area contributed by atoms with Gasteiger partial charge in [0.1, 0.15) is 5.01 Å². The van der Waals surface area contributed by atoms with E-state index in [-0.39, 0.29) is 0 Å². The number of hydrogen-bond donors (Lipinski definition) is 1. The number of thiophene rings is 1. The molecule has 1 saturated carbocycles. The second-order valence-corrected chi connectivity index (χ2v) is 6.09. The molecule has 3 rings (SSSR count). The Morgan fingerprint density at radius 2 is 2.31 bits per heavy atom. The van der Waals surface area contributed by atoms with E-state index >= 15 is 0 Å². The first kappa shape index (κ1) is 10.2. The van der Waals surface area contributed by atoms with Crippen molar-refractivity contribution < 1.29 is 0 Å². The smallest absolute Gasteiger partial charge is 0.206 e. The van der Waals surface area contributed by atoms with Gasteiger partial charge >= 0.3 is 0 Å². The van der Waals surface area contributed by atoms with Crippen molar-refractivity contribution in [2.24, 2.45) is 0 Å². The summed E-state index contributed by atoms with van der Waals surface area (Å²) in [4.78, 5) is 1.34. The molecule has 1 aliphatic rings. The molecule has 0 aliphatic heterocycles. The molecule has 84 valence electrons. The Balaban J connectivity index is 1.68. The Bertz CT molecular complexity index is 459. The molecule has 2 heterocycles. The third kappa shape index (κ3) is 2.10. The Kier molecular flexibility index (Phi) is 2.65. The van der Waals surface area contributed by atoms with E-state index in [0.717, 1.165) is 5.13 Å². The summed E-state index contributed by atoms with van der Waals surface area (Å²) in [5, 5.41) is 16.1. The fourth-order valence-electron chi connectivity index (χ4n) is 1.58. The molecular formula is C11H13N3S2. The predicted octanol–water partition coefficient (Wildman–Crippen LogP) is 3.65. The molecule has 2 aromatic rings. The van der Waals surface area contributed by atoms with Crippen LogP contribution in [0.5, 0.6) is 0 Å². The molecule has 0 spiro atoms. The van der Waals surface area contributed by atoms with E-state index in [0.29, 0.717) is 12.0 Å². The molecule has 1 N–H and O–H groups in total. The van der Waals surface area contributed by atoms with Crippen LogP contribution in [0.25, 0.3) is 0 Å². The lowest BCUT2D eigenvalue weighted by atomic mass is 10.3. The molecule has 5 heteroatoms. The molecule has 0 saturated heterocycles. The molecule has 1 aliphatic carbocycles. The topological polar surface area (TPSA) is 37.8 Å². The molecule has 0 amide bonds. The average Bonchev–Trinajstić information content (AvgIpc) is 2.82. The van der Waals surface area contributed by atoms with Crippen LogP contribution < -0.4 is 5.32 Å². The summed E-state index contributed by atoms with van der Waals surface area (Å²) in [5.41, 5.74) is 0. The summed E-state index contributed by atoms with van der Waals surface area (Å²) in [5.74, 6) is 0.699. The zero-order chi connectivity index (χ0) is 11.0. The van der Waals surface area contributed by atoms with Crippen LogP contribution in [0.2, 0.25) is 0 Å². The lowest BCUT2D eigenvalue weighted by molar-refractivity contribution is 0.888. The number of nitrogens with zero attached hydrogens (tertiary/aromatic N) is 2. The van der Waals surface area contributed by atoms with Crippen molar-refractivity contribution >= 4 is 27.8 Å². The summed E-state index contributed by atoms with van der Waals surface area (Å²) in [6.45, 7) is 2.16. The Morgan fingerprint density at radius 3 is 3.00 bits per heavy atom. The highest BCUT2D eigenvalue weighted by molar-refractivity contribution is 7.15. The zero-order valence-corrected chi connectivity index (χ0v) is 10.6. The van der Waals surface area contributed by atoms with Crippen LogP contribution in [0, 0.1) is 0 Å². The molecule has 0 radical (unpaired) electrons. The van der Waals surface area contributed by atoms with E-state index in [9.17, 15) is 0 Å². The monoisotopic (exact) mass is 251 g/mol. The van der Waals surface area contributed by atoms with Crippen molar-refractivity contribution in [3.8, 4) is 0 Å². The van der Waals surface area contributed by atoms with Crippen LogP contribution in [0.15, 0.2) is 17.5 Å². The van der Waals surface area contributed by atoms with Gasteiger partial charge in [-0.25, -0.2) is 0 Å². The summed E-state index contributed by atoms with van der Waals surface area (Å²) < 4.78 is 0. The maximum absolute atomic E-state index is 4.22. The summed E-state index contributed by atoms with van der Waals surface area (Å²) in [6, 6.07) is 4.54. The van der Waals surface area contributed by atoms with E-state index in [2.05, 4.69) is 40.0 Å². The average molecular weight is 251 g/mol. The van der Waals surface area contributed by atoms with Gasteiger partial charge < -0.3 is 5.32 Å². The normalized spacial score (nSPS) is 17.3. The van der Waals surface area contributed by atoms with Crippen molar-refractivity contribution in [3.05, 3.63) is 27.4 Å². The quantitative estimate of drug-likeness (QED) is 0.901. The number of aromatic nitrogens is 2. The molecule has 0 aromatic carbocycles.